The maximum Gasteiger partial charge on any atom is 0.142 e. The summed E-state index contributed by atoms with van der Waals surface area (Å²) in [5.41, 5.74) is 11.2. The van der Waals surface area contributed by atoms with Crippen molar-refractivity contribution in [3.63, 3.8) is 0 Å². The molecule has 0 amide bonds. The van der Waals surface area contributed by atoms with Crippen molar-refractivity contribution in [2.75, 3.05) is 5.73 Å². The van der Waals surface area contributed by atoms with Gasteiger partial charge in [-0.25, -0.2) is 4.98 Å². The Morgan fingerprint density at radius 1 is 1.27 bits per heavy atom. The minimum absolute atomic E-state index is 0.0914. The lowest BCUT2D eigenvalue weighted by Gasteiger charge is -2.12. The third-order valence-corrected chi connectivity index (χ3v) is 5.71. The van der Waals surface area contributed by atoms with Crippen LogP contribution in [-0.4, -0.2) is 16.2 Å². The number of nitrogen functional groups attached to an aromatic ring is 1. The highest BCUT2D eigenvalue weighted by molar-refractivity contribution is 7.18. The quantitative estimate of drug-likeness (QED) is 0.649. The summed E-state index contributed by atoms with van der Waals surface area (Å²) in [5.74, 6) is 0.711. The average molecular weight is 366 g/mol. The summed E-state index contributed by atoms with van der Waals surface area (Å²) in [4.78, 5) is 5.70. The van der Waals surface area contributed by atoms with Crippen molar-refractivity contribution in [2.24, 2.45) is 0 Å². The predicted molar refractivity (Wildman–Crippen MR) is 106 cm³/mol. The minimum Gasteiger partial charge on any atom is -0.489 e. The first-order valence-corrected chi connectivity index (χ1v) is 9.67. The van der Waals surface area contributed by atoms with E-state index in [1.165, 1.54) is 5.56 Å². The number of rotatable bonds is 4. The number of aliphatic hydroxyl groups is 1. The van der Waals surface area contributed by atoms with E-state index in [-0.39, 0.29) is 12.2 Å². The average Bonchev–Trinajstić information content (AvgIpc) is 3.24. The Hall–Kier alpha value is -2.37. The molecule has 2 aromatic carbocycles. The van der Waals surface area contributed by atoms with Crippen LogP contribution in [0.25, 0.3) is 21.0 Å². The van der Waals surface area contributed by atoms with Crippen LogP contribution in [0.5, 0.6) is 5.75 Å². The topological polar surface area (TPSA) is 68.4 Å². The number of fused-ring (bicyclic) bond motifs is 1. The highest BCUT2D eigenvalue weighted by Crippen LogP contribution is 2.41. The van der Waals surface area contributed by atoms with Crippen molar-refractivity contribution in [1.29, 1.82) is 0 Å². The molecular formula is C21H22N2O2S. The molecule has 1 aliphatic rings. The zero-order valence-electron chi connectivity index (χ0n) is 14.9. The first-order valence-electron chi connectivity index (χ1n) is 8.85. The van der Waals surface area contributed by atoms with Crippen LogP contribution < -0.4 is 10.5 Å². The fraction of sp³-hybridized carbons (Fsp3) is 0.286. The molecule has 134 valence electrons. The Labute approximate surface area is 157 Å². The number of thiazole rings is 1. The van der Waals surface area contributed by atoms with Gasteiger partial charge in [-0.2, -0.15) is 0 Å². The van der Waals surface area contributed by atoms with Gasteiger partial charge in [-0.3, -0.25) is 0 Å². The van der Waals surface area contributed by atoms with Gasteiger partial charge in [0.05, 0.1) is 22.8 Å². The third-order valence-electron chi connectivity index (χ3n) is 4.63. The van der Waals surface area contributed by atoms with Crippen LogP contribution in [0.2, 0.25) is 0 Å². The van der Waals surface area contributed by atoms with Crippen LogP contribution in [0, 0.1) is 0 Å². The smallest absolute Gasteiger partial charge is 0.142 e. The number of nitrogens with zero attached hydrogens (tertiary/aromatic N) is 1. The van der Waals surface area contributed by atoms with E-state index >= 15 is 0 Å². The fourth-order valence-electron chi connectivity index (χ4n) is 3.43. The zero-order valence-corrected chi connectivity index (χ0v) is 15.7. The summed E-state index contributed by atoms with van der Waals surface area (Å²) in [6.45, 7) is 3.97. The monoisotopic (exact) mass is 366 g/mol. The largest absolute Gasteiger partial charge is 0.489 e. The fourth-order valence-corrected chi connectivity index (χ4v) is 4.39. The van der Waals surface area contributed by atoms with Crippen LogP contribution in [0.4, 0.5) is 5.69 Å². The standard InChI is InChI=1S/C21H22N2O2S/c1-12(2)25-19-9-6-13(10-17(19)22)20-11-23-21(26-20)16-5-3-4-15-14(16)7-8-18(15)24/h3-6,9-12,18,24H,7-8,22H2,1-2H3. The molecule has 1 unspecified atom stereocenters. The van der Waals surface area contributed by atoms with Gasteiger partial charge in [0.15, 0.2) is 0 Å². The number of hydrogen-bond donors (Lipinski definition) is 2. The summed E-state index contributed by atoms with van der Waals surface area (Å²) in [6, 6.07) is 12.0. The lowest BCUT2D eigenvalue weighted by atomic mass is 10.0. The van der Waals surface area contributed by atoms with Gasteiger partial charge >= 0.3 is 0 Å². The highest BCUT2D eigenvalue weighted by Gasteiger charge is 2.24. The van der Waals surface area contributed by atoms with E-state index in [1.807, 2.05) is 50.4 Å². The van der Waals surface area contributed by atoms with E-state index in [4.69, 9.17) is 10.5 Å². The second-order valence-electron chi connectivity index (χ2n) is 6.88. The van der Waals surface area contributed by atoms with Gasteiger partial charge in [0.1, 0.15) is 10.8 Å². The van der Waals surface area contributed by atoms with Gasteiger partial charge in [-0.15, -0.1) is 11.3 Å². The molecular weight excluding hydrogens is 344 g/mol. The first kappa shape index (κ1) is 17.1. The number of hydrogen-bond acceptors (Lipinski definition) is 5. The van der Waals surface area contributed by atoms with Gasteiger partial charge in [-0.05, 0) is 61.6 Å². The van der Waals surface area contributed by atoms with Crippen molar-refractivity contribution in [3.8, 4) is 26.8 Å². The van der Waals surface area contributed by atoms with Crippen LogP contribution >= 0.6 is 11.3 Å². The molecule has 1 aromatic heterocycles. The molecule has 26 heavy (non-hydrogen) atoms. The van der Waals surface area contributed by atoms with Gasteiger partial charge in [0, 0.05) is 11.8 Å². The molecule has 3 aromatic rings. The number of ether oxygens (including phenoxy) is 1. The number of anilines is 1. The van der Waals surface area contributed by atoms with E-state index in [2.05, 4.69) is 11.1 Å². The molecule has 5 heteroatoms. The molecule has 0 aliphatic heterocycles. The van der Waals surface area contributed by atoms with Crippen molar-refractivity contribution in [1.82, 2.24) is 4.98 Å². The second kappa shape index (κ2) is 6.74. The van der Waals surface area contributed by atoms with Gasteiger partial charge in [-0.1, -0.05) is 18.2 Å². The molecule has 1 aliphatic carbocycles. The molecule has 1 atom stereocenters. The van der Waals surface area contributed by atoms with E-state index < -0.39 is 0 Å². The number of aromatic nitrogens is 1. The van der Waals surface area contributed by atoms with E-state index in [9.17, 15) is 5.11 Å². The third kappa shape index (κ3) is 3.08. The molecule has 0 fully saturated rings. The summed E-state index contributed by atoms with van der Waals surface area (Å²) < 4.78 is 5.71. The van der Waals surface area contributed by atoms with Crippen LogP contribution in [0.3, 0.4) is 0 Å². The van der Waals surface area contributed by atoms with Gasteiger partial charge in [0.2, 0.25) is 0 Å². The summed E-state index contributed by atoms with van der Waals surface area (Å²) >= 11 is 1.65. The maximum atomic E-state index is 10.1. The second-order valence-corrected chi connectivity index (χ2v) is 7.91. The van der Waals surface area contributed by atoms with E-state index in [0.29, 0.717) is 11.4 Å². The number of nitrogens with two attached hydrogens (primary N) is 1. The van der Waals surface area contributed by atoms with Crippen molar-refractivity contribution in [3.05, 3.63) is 53.7 Å². The lowest BCUT2D eigenvalue weighted by molar-refractivity contribution is 0.180. The molecule has 1 heterocycles. The molecule has 0 spiro atoms. The normalized spacial score (nSPS) is 16.1. The molecule has 0 radical (unpaired) electrons. The minimum atomic E-state index is -0.349. The molecule has 4 nitrogen and oxygen atoms in total. The summed E-state index contributed by atoms with van der Waals surface area (Å²) in [5, 5.41) is 11.1. The first-order chi connectivity index (χ1) is 12.5. The molecule has 3 N–H and O–H groups in total. The highest BCUT2D eigenvalue weighted by atomic mass is 32.1. The Balaban J connectivity index is 1.67. The SMILES string of the molecule is CC(C)Oc1ccc(-c2cnc(-c3cccc4c3CCC4O)s2)cc1N. The van der Waals surface area contributed by atoms with E-state index in [1.54, 1.807) is 11.3 Å². The molecule has 0 saturated carbocycles. The van der Waals surface area contributed by atoms with Crippen LogP contribution in [-0.2, 0) is 6.42 Å². The zero-order chi connectivity index (χ0) is 18.3. The Bertz CT molecular complexity index is 949. The predicted octanol–water partition coefficient (Wildman–Crippen LogP) is 4.83. The van der Waals surface area contributed by atoms with Crippen molar-refractivity contribution < 1.29 is 9.84 Å². The van der Waals surface area contributed by atoms with Gasteiger partial charge < -0.3 is 15.6 Å². The van der Waals surface area contributed by atoms with Crippen molar-refractivity contribution >= 4 is 17.0 Å². The molecule has 0 saturated heterocycles. The Morgan fingerprint density at radius 2 is 2.12 bits per heavy atom. The number of benzene rings is 2. The number of aliphatic hydroxyl groups excluding tert-OH is 1. The maximum absolute atomic E-state index is 10.1. The molecule has 0 bridgehead atoms. The summed E-state index contributed by atoms with van der Waals surface area (Å²) in [6.07, 6.45) is 3.32. The van der Waals surface area contributed by atoms with Gasteiger partial charge in [0.25, 0.3) is 0 Å². The Morgan fingerprint density at radius 3 is 2.88 bits per heavy atom. The van der Waals surface area contributed by atoms with Crippen LogP contribution in [0.15, 0.2) is 42.6 Å². The molecule has 4 rings (SSSR count). The summed E-state index contributed by atoms with van der Waals surface area (Å²) in [7, 11) is 0. The van der Waals surface area contributed by atoms with Crippen LogP contribution in [0.1, 0.15) is 37.5 Å². The lowest BCUT2D eigenvalue weighted by Crippen LogP contribution is -2.07. The van der Waals surface area contributed by atoms with Crippen molar-refractivity contribution in [2.45, 2.75) is 38.9 Å². The Kier molecular flexibility index (Phi) is 4.42. The van der Waals surface area contributed by atoms with E-state index in [0.717, 1.165) is 39.4 Å².